The maximum absolute atomic E-state index is 5.93. The third-order valence-electron chi connectivity index (χ3n) is 3.91. The van der Waals surface area contributed by atoms with Crippen LogP contribution in [0.15, 0.2) is 42.7 Å². The molecule has 0 radical (unpaired) electrons. The van der Waals surface area contributed by atoms with Crippen LogP contribution >= 0.6 is 11.6 Å². The smallest absolute Gasteiger partial charge is 0.226 e. The summed E-state index contributed by atoms with van der Waals surface area (Å²) in [7, 11) is 1.67. The van der Waals surface area contributed by atoms with E-state index in [0.29, 0.717) is 22.6 Å². The van der Waals surface area contributed by atoms with Gasteiger partial charge in [0.15, 0.2) is 5.82 Å². The fourth-order valence-electron chi connectivity index (χ4n) is 2.72. The largest absolute Gasteiger partial charge is 0.497 e. The van der Waals surface area contributed by atoms with Crippen molar-refractivity contribution in [2.45, 2.75) is 13.1 Å². The zero-order chi connectivity index (χ0) is 16.5. The van der Waals surface area contributed by atoms with Crippen LogP contribution in [-0.2, 0) is 13.1 Å². The van der Waals surface area contributed by atoms with Gasteiger partial charge >= 0.3 is 0 Å². The topological polar surface area (TPSA) is 64.0 Å². The zero-order valence-electron chi connectivity index (χ0n) is 13.0. The van der Waals surface area contributed by atoms with Gasteiger partial charge in [-0.15, -0.1) is 0 Å². The van der Waals surface area contributed by atoms with Gasteiger partial charge in [-0.1, -0.05) is 17.7 Å². The van der Waals surface area contributed by atoms with Crippen molar-refractivity contribution in [3.05, 3.63) is 59.0 Å². The summed E-state index contributed by atoms with van der Waals surface area (Å²) in [5.74, 6) is 1.99. The maximum Gasteiger partial charge on any atom is 0.226 e. The minimum absolute atomic E-state index is 0.390. The first-order valence-electron chi connectivity index (χ1n) is 7.45. The van der Waals surface area contributed by atoms with E-state index in [1.807, 2.05) is 6.07 Å². The molecule has 0 N–H and O–H groups in total. The van der Waals surface area contributed by atoms with E-state index in [1.54, 1.807) is 31.6 Å². The second-order valence-electron chi connectivity index (χ2n) is 5.44. The van der Waals surface area contributed by atoms with Crippen LogP contribution in [0, 0.1) is 0 Å². The molecular weight excluding hydrogens is 326 g/mol. The lowest BCUT2D eigenvalue weighted by Crippen LogP contribution is -2.17. The van der Waals surface area contributed by atoms with Gasteiger partial charge in [0.2, 0.25) is 5.95 Å². The first-order valence-corrected chi connectivity index (χ1v) is 7.83. The predicted octanol–water partition coefficient (Wildman–Crippen LogP) is 3.12. The monoisotopic (exact) mass is 339 g/mol. The molecule has 7 heteroatoms. The highest BCUT2D eigenvalue weighted by atomic mass is 35.5. The molecule has 24 heavy (non-hydrogen) atoms. The van der Waals surface area contributed by atoms with Crippen LogP contribution < -0.4 is 9.64 Å². The quantitative estimate of drug-likeness (QED) is 0.683. The molecule has 1 aromatic carbocycles. The van der Waals surface area contributed by atoms with Crippen LogP contribution in [0.4, 0.5) is 5.95 Å². The molecule has 120 valence electrons. The van der Waals surface area contributed by atoms with Crippen LogP contribution in [0.5, 0.6) is 5.75 Å². The molecule has 0 aliphatic carbocycles. The normalized spacial score (nSPS) is 13.0. The Bertz CT molecular complexity index is 902. The Labute approximate surface area is 144 Å². The lowest BCUT2D eigenvalue weighted by atomic mass is 10.1. The van der Waals surface area contributed by atoms with Gasteiger partial charge in [0, 0.05) is 25.5 Å². The molecule has 3 aromatic rings. The summed E-state index contributed by atoms with van der Waals surface area (Å²) in [4.78, 5) is 19.5. The number of hydrogen-bond acceptors (Lipinski definition) is 6. The summed E-state index contributed by atoms with van der Waals surface area (Å²) >= 11 is 5.93. The van der Waals surface area contributed by atoms with Crippen molar-refractivity contribution in [2.24, 2.45) is 0 Å². The Morgan fingerprint density at radius 2 is 1.83 bits per heavy atom. The number of halogens is 1. The standard InChI is InChI=1S/C17H14ClN5O/c1-24-13-3-2-11-9-23(10-12(11)8-13)17-20-6-4-14(21-17)16-19-7-5-15(18)22-16/h2-8H,9-10H2,1H3. The fourth-order valence-corrected chi connectivity index (χ4v) is 2.86. The van der Waals surface area contributed by atoms with Crippen molar-refractivity contribution in [1.29, 1.82) is 0 Å². The van der Waals surface area contributed by atoms with Gasteiger partial charge in [-0.05, 0) is 35.4 Å². The summed E-state index contributed by atoms with van der Waals surface area (Å²) in [6, 6.07) is 9.52. The Kier molecular flexibility index (Phi) is 3.74. The van der Waals surface area contributed by atoms with Gasteiger partial charge in [0.05, 0.1) is 7.11 Å². The summed E-state index contributed by atoms with van der Waals surface area (Å²) in [6.45, 7) is 1.51. The molecule has 0 atom stereocenters. The van der Waals surface area contributed by atoms with Crippen LogP contribution in [0.1, 0.15) is 11.1 Å². The summed E-state index contributed by atoms with van der Waals surface area (Å²) in [5.41, 5.74) is 3.13. The number of ether oxygens (including phenoxy) is 1. The molecule has 1 aliphatic heterocycles. The molecule has 0 unspecified atom stereocenters. The number of methoxy groups -OCH3 is 1. The van der Waals surface area contributed by atoms with Gasteiger partial charge in [0.1, 0.15) is 16.6 Å². The number of rotatable bonds is 3. The minimum Gasteiger partial charge on any atom is -0.497 e. The lowest BCUT2D eigenvalue weighted by Gasteiger charge is -2.15. The average Bonchev–Trinajstić information content (AvgIpc) is 3.05. The van der Waals surface area contributed by atoms with E-state index in [2.05, 4.69) is 37.0 Å². The second kappa shape index (κ2) is 6.05. The summed E-state index contributed by atoms with van der Waals surface area (Å²) in [6.07, 6.45) is 3.33. The van der Waals surface area contributed by atoms with Crippen molar-refractivity contribution >= 4 is 17.5 Å². The molecule has 6 nitrogen and oxygen atoms in total. The molecular formula is C17H14ClN5O. The Morgan fingerprint density at radius 1 is 1.00 bits per heavy atom. The van der Waals surface area contributed by atoms with E-state index in [9.17, 15) is 0 Å². The van der Waals surface area contributed by atoms with Gasteiger partial charge in [-0.3, -0.25) is 0 Å². The molecule has 0 saturated carbocycles. The third kappa shape index (κ3) is 2.76. The number of anilines is 1. The molecule has 0 fully saturated rings. The molecule has 0 bridgehead atoms. The van der Waals surface area contributed by atoms with Crippen molar-refractivity contribution < 1.29 is 4.74 Å². The van der Waals surface area contributed by atoms with Gasteiger partial charge in [-0.2, -0.15) is 0 Å². The van der Waals surface area contributed by atoms with Crippen molar-refractivity contribution in [2.75, 3.05) is 12.0 Å². The fraction of sp³-hybridized carbons (Fsp3) is 0.176. The van der Waals surface area contributed by atoms with E-state index < -0.39 is 0 Å². The minimum atomic E-state index is 0.390. The zero-order valence-corrected chi connectivity index (χ0v) is 13.7. The SMILES string of the molecule is COc1ccc2c(c1)CN(c1nccc(-c3nccc(Cl)n3)n1)C2. The predicted molar refractivity (Wildman–Crippen MR) is 90.9 cm³/mol. The van der Waals surface area contributed by atoms with Crippen LogP contribution in [0.3, 0.4) is 0 Å². The number of aromatic nitrogens is 4. The molecule has 4 rings (SSSR count). The van der Waals surface area contributed by atoms with Crippen molar-refractivity contribution in [1.82, 2.24) is 19.9 Å². The lowest BCUT2D eigenvalue weighted by molar-refractivity contribution is 0.414. The maximum atomic E-state index is 5.93. The van der Waals surface area contributed by atoms with E-state index in [1.165, 1.54) is 11.1 Å². The van der Waals surface area contributed by atoms with E-state index >= 15 is 0 Å². The van der Waals surface area contributed by atoms with Gasteiger partial charge < -0.3 is 9.64 Å². The molecule has 0 saturated heterocycles. The molecule has 0 amide bonds. The van der Waals surface area contributed by atoms with Crippen molar-refractivity contribution in [3.63, 3.8) is 0 Å². The third-order valence-corrected chi connectivity index (χ3v) is 4.12. The Morgan fingerprint density at radius 3 is 2.67 bits per heavy atom. The summed E-state index contributed by atoms with van der Waals surface area (Å²) in [5, 5.41) is 0.390. The number of hydrogen-bond donors (Lipinski definition) is 0. The highest BCUT2D eigenvalue weighted by Crippen LogP contribution is 2.29. The van der Waals surface area contributed by atoms with Crippen LogP contribution in [0.25, 0.3) is 11.5 Å². The van der Waals surface area contributed by atoms with E-state index in [0.717, 1.165) is 18.8 Å². The number of benzene rings is 1. The summed E-state index contributed by atoms with van der Waals surface area (Å²) < 4.78 is 5.29. The van der Waals surface area contributed by atoms with E-state index in [-0.39, 0.29) is 0 Å². The van der Waals surface area contributed by atoms with Gasteiger partial charge in [-0.25, -0.2) is 19.9 Å². The molecule has 0 spiro atoms. The van der Waals surface area contributed by atoms with Crippen LogP contribution in [0.2, 0.25) is 5.15 Å². The highest BCUT2D eigenvalue weighted by molar-refractivity contribution is 6.29. The van der Waals surface area contributed by atoms with E-state index in [4.69, 9.17) is 16.3 Å². The number of nitrogens with zero attached hydrogens (tertiary/aromatic N) is 5. The highest BCUT2D eigenvalue weighted by Gasteiger charge is 2.22. The van der Waals surface area contributed by atoms with Crippen molar-refractivity contribution in [3.8, 4) is 17.3 Å². The number of fused-ring (bicyclic) bond motifs is 1. The average molecular weight is 340 g/mol. The Hall–Kier alpha value is -2.73. The molecule has 2 aromatic heterocycles. The first-order chi connectivity index (χ1) is 11.7. The molecule has 1 aliphatic rings. The van der Waals surface area contributed by atoms with Crippen LogP contribution in [-0.4, -0.2) is 27.0 Å². The van der Waals surface area contributed by atoms with Gasteiger partial charge in [0.25, 0.3) is 0 Å². The first kappa shape index (κ1) is 14.8. The molecule has 3 heterocycles. The second-order valence-corrected chi connectivity index (χ2v) is 5.82. The Balaban J connectivity index is 1.63.